The Bertz CT molecular complexity index is 1410. The molecule has 3 heterocycles. The summed E-state index contributed by atoms with van der Waals surface area (Å²) in [6.45, 7) is -1.06. The van der Waals surface area contributed by atoms with E-state index in [4.69, 9.17) is 41.7 Å². The van der Waals surface area contributed by atoms with Crippen molar-refractivity contribution in [2.45, 2.75) is 80.9 Å². The van der Waals surface area contributed by atoms with Crippen LogP contribution in [0, 0.1) is 0 Å². The smallest absolute Gasteiger partial charge is 0.396 e. The summed E-state index contributed by atoms with van der Waals surface area (Å²) in [6.07, 6.45) is -11.3. The number of hydrogen-bond donors (Lipinski definition) is 8. The molecule has 1 amide bonds. The van der Waals surface area contributed by atoms with Crippen LogP contribution < -0.4 is 16.6 Å². The number of hydrogen-bond acceptors (Lipinski definition) is 19. The van der Waals surface area contributed by atoms with Gasteiger partial charge >= 0.3 is 21.3 Å². The molecule has 0 saturated carbocycles. The van der Waals surface area contributed by atoms with Crippen LogP contribution in [0.3, 0.4) is 0 Å². The number of phosphoric ester groups is 2. The maximum absolute atomic E-state index is 13.6. The molecule has 0 bridgehead atoms. The Hall–Kier alpha value is -1.95. The number of aliphatic hydroxyl groups is 6. The van der Waals surface area contributed by atoms with E-state index in [0.29, 0.717) is 32.5 Å². The van der Waals surface area contributed by atoms with Gasteiger partial charge in [-0.2, -0.15) is 4.31 Å². The molecule has 2 aliphatic heterocycles. The number of aliphatic hydroxyl groups excluding tert-OH is 6. The summed E-state index contributed by atoms with van der Waals surface area (Å²) >= 11 is 0. The lowest BCUT2D eigenvalue weighted by molar-refractivity contribution is -0.248. The summed E-state index contributed by atoms with van der Waals surface area (Å²) in [5.41, 5.74) is -1.69. The minimum atomic E-state index is -5.10. The average molecular weight is 752 g/mol. The van der Waals surface area contributed by atoms with Gasteiger partial charge < -0.3 is 50.2 Å². The number of phosphoric acid groups is 2. The SMILES string of the molecule is COP(=O)(OCC1OC(n2ccc(=O)[nH]c2=O)C(O)C1O)OP(=O)(OC)O[C@H]1OC(CO)[C@@H](O)[C@H](O)C1NC(=O)CCCCOCCCO. The number of nitrogens with one attached hydrogen (secondary N) is 2. The van der Waals surface area contributed by atoms with Crippen LogP contribution in [0.1, 0.15) is 31.9 Å². The fourth-order valence-electron chi connectivity index (χ4n) is 4.69. The molecule has 3 rings (SSSR count). The maximum atomic E-state index is 13.6. The van der Waals surface area contributed by atoms with Crippen LogP contribution in [-0.2, 0) is 50.5 Å². The Morgan fingerprint density at radius 2 is 1.61 bits per heavy atom. The van der Waals surface area contributed by atoms with E-state index >= 15 is 0 Å². The highest BCUT2D eigenvalue weighted by Gasteiger charge is 2.51. The van der Waals surface area contributed by atoms with Crippen molar-refractivity contribution in [2.24, 2.45) is 0 Å². The molecule has 0 spiro atoms. The quantitative estimate of drug-likeness (QED) is 0.0493. The van der Waals surface area contributed by atoms with E-state index in [9.17, 15) is 49.0 Å². The second-order valence-electron chi connectivity index (χ2n) is 10.8. The molecule has 22 nitrogen and oxygen atoms in total. The third-order valence-corrected chi connectivity index (χ3v) is 10.8. The predicted octanol–water partition coefficient (Wildman–Crippen LogP) is -2.79. The predicted molar refractivity (Wildman–Crippen MR) is 161 cm³/mol. The highest BCUT2D eigenvalue weighted by molar-refractivity contribution is 7.62. The Labute approximate surface area is 279 Å². The summed E-state index contributed by atoms with van der Waals surface area (Å²) < 4.78 is 68.9. The number of unbranched alkanes of at least 4 members (excludes halogenated alkanes) is 1. The fraction of sp³-hybridized carbons (Fsp3) is 0.800. The van der Waals surface area contributed by atoms with E-state index in [1.165, 1.54) is 0 Å². The molecular formula is C25H43N3O19P2. The Balaban J connectivity index is 1.67. The summed E-state index contributed by atoms with van der Waals surface area (Å²) in [5, 5.41) is 62.8. The Morgan fingerprint density at radius 3 is 2.24 bits per heavy atom. The first-order valence-electron chi connectivity index (χ1n) is 15.0. The van der Waals surface area contributed by atoms with Crippen molar-refractivity contribution < 1.29 is 81.2 Å². The van der Waals surface area contributed by atoms with Crippen LogP contribution in [0.15, 0.2) is 21.9 Å². The second kappa shape index (κ2) is 19.0. The second-order valence-corrected chi connectivity index (χ2v) is 14.4. The molecule has 0 aromatic carbocycles. The lowest BCUT2D eigenvalue weighted by Crippen LogP contribution is -2.64. The van der Waals surface area contributed by atoms with Gasteiger partial charge in [0.1, 0.15) is 42.7 Å². The van der Waals surface area contributed by atoms with Gasteiger partial charge in [-0.25, -0.2) is 13.9 Å². The van der Waals surface area contributed by atoms with Gasteiger partial charge in [-0.3, -0.25) is 37.2 Å². The third kappa shape index (κ3) is 11.3. The van der Waals surface area contributed by atoms with Crippen molar-refractivity contribution in [2.75, 3.05) is 47.3 Å². The van der Waals surface area contributed by atoms with E-state index < -0.39 is 101 Å². The molecule has 1 aromatic heterocycles. The standard InChI is InChI=1S/C25H43N3O19P2/c1-40-48(38,43-13-15-20(34)22(36)23(44-15)28-8-7-17(32)27-25(28)37)47-49(39,41-2)46-24-18(21(35)19(33)14(12-30)45-24)26-16(31)6-3-4-10-42-11-5-9-29/h7-8,14-15,18-24,29-30,33-36H,3-6,9-13H2,1-2H3,(H,26,31)(H,27,32,37)/t14?,15?,18?,19-,20?,21-,22?,23?,24-,48?,49?/m1/s1. The first-order valence-corrected chi connectivity index (χ1v) is 17.9. The van der Waals surface area contributed by atoms with Crippen LogP contribution in [0.5, 0.6) is 0 Å². The number of aromatic nitrogens is 2. The molecule has 2 saturated heterocycles. The van der Waals surface area contributed by atoms with Crippen LogP contribution in [0.25, 0.3) is 0 Å². The zero-order valence-corrected chi connectivity index (χ0v) is 28.3. The number of nitrogens with zero attached hydrogens (tertiary/aromatic N) is 1. The molecule has 2 aliphatic rings. The average Bonchev–Trinajstić information content (AvgIpc) is 3.35. The van der Waals surface area contributed by atoms with E-state index in [1.54, 1.807) is 0 Å². The van der Waals surface area contributed by atoms with Gasteiger partial charge in [-0.05, 0) is 19.3 Å². The summed E-state index contributed by atoms with van der Waals surface area (Å²) in [4.78, 5) is 38.1. The van der Waals surface area contributed by atoms with E-state index in [2.05, 4.69) is 5.32 Å². The molecule has 24 heteroatoms. The minimum Gasteiger partial charge on any atom is -0.396 e. The number of H-pyrrole nitrogens is 1. The number of rotatable bonds is 20. The molecule has 0 aliphatic carbocycles. The molecule has 1 aromatic rings. The topological polar surface area (TPSA) is 313 Å². The van der Waals surface area contributed by atoms with Crippen molar-refractivity contribution in [3.8, 4) is 0 Å². The van der Waals surface area contributed by atoms with Crippen LogP contribution in [0.4, 0.5) is 0 Å². The largest absolute Gasteiger partial charge is 0.485 e. The van der Waals surface area contributed by atoms with E-state index in [-0.39, 0.29) is 13.0 Å². The number of carbonyl (C=O) groups is 1. The Morgan fingerprint density at radius 1 is 0.939 bits per heavy atom. The molecule has 0 radical (unpaired) electrons. The molecule has 11 atom stereocenters. The summed E-state index contributed by atoms with van der Waals surface area (Å²) in [7, 11) is -8.44. The lowest BCUT2D eigenvalue weighted by atomic mass is 9.97. The van der Waals surface area contributed by atoms with Gasteiger partial charge in [-0.1, -0.05) is 0 Å². The van der Waals surface area contributed by atoms with Crippen molar-refractivity contribution >= 4 is 21.6 Å². The Kier molecular flexibility index (Phi) is 16.1. The zero-order valence-electron chi connectivity index (χ0n) is 26.5. The third-order valence-electron chi connectivity index (χ3n) is 7.34. The monoisotopic (exact) mass is 751 g/mol. The summed E-state index contributed by atoms with van der Waals surface area (Å²) in [6, 6.07) is -0.658. The van der Waals surface area contributed by atoms with Crippen molar-refractivity contribution in [3.05, 3.63) is 33.1 Å². The molecule has 49 heavy (non-hydrogen) atoms. The van der Waals surface area contributed by atoms with Gasteiger partial charge in [0, 0.05) is 52.7 Å². The normalized spacial score (nSPS) is 31.2. The highest BCUT2D eigenvalue weighted by Crippen LogP contribution is 2.66. The number of aromatic amines is 1. The van der Waals surface area contributed by atoms with Gasteiger partial charge in [0.05, 0.1) is 13.2 Å². The van der Waals surface area contributed by atoms with E-state index in [1.807, 2.05) is 4.98 Å². The van der Waals surface area contributed by atoms with Crippen LogP contribution in [0.2, 0.25) is 0 Å². The van der Waals surface area contributed by atoms with Crippen molar-refractivity contribution in [1.29, 1.82) is 0 Å². The highest BCUT2D eigenvalue weighted by atomic mass is 31.3. The van der Waals surface area contributed by atoms with Crippen molar-refractivity contribution in [1.82, 2.24) is 14.9 Å². The molecule has 2 fully saturated rings. The molecule has 282 valence electrons. The van der Waals surface area contributed by atoms with Crippen LogP contribution in [-0.4, -0.2) is 142 Å². The molecule has 8 N–H and O–H groups in total. The first kappa shape index (κ1) is 41.5. The molecular weight excluding hydrogens is 708 g/mol. The van der Waals surface area contributed by atoms with E-state index in [0.717, 1.165) is 31.0 Å². The molecule has 8 unspecified atom stereocenters. The van der Waals surface area contributed by atoms with Gasteiger partial charge in [-0.15, -0.1) is 0 Å². The number of carbonyl (C=O) groups excluding carboxylic acids is 1. The van der Waals surface area contributed by atoms with Crippen LogP contribution >= 0.6 is 15.6 Å². The number of amides is 1. The van der Waals surface area contributed by atoms with Gasteiger partial charge in [0.25, 0.3) is 5.56 Å². The minimum absolute atomic E-state index is 0.0204. The van der Waals surface area contributed by atoms with Gasteiger partial charge in [0.2, 0.25) is 5.91 Å². The first-order chi connectivity index (χ1) is 23.2. The summed E-state index contributed by atoms with van der Waals surface area (Å²) in [5.74, 6) is -0.648. The van der Waals surface area contributed by atoms with Crippen molar-refractivity contribution in [3.63, 3.8) is 0 Å². The lowest BCUT2D eigenvalue weighted by Gasteiger charge is -2.42. The van der Waals surface area contributed by atoms with Gasteiger partial charge in [0.15, 0.2) is 12.5 Å². The zero-order chi connectivity index (χ0) is 36.4. The number of ether oxygens (including phenoxy) is 3. The fourth-order valence-corrected chi connectivity index (χ4v) is 7.50. The maximum Gasteiger partial charge on any atom is 0.485 e.